The summed E-state index contributed by atoms with van der Waals surface area (Å²) in [6.45, 7) is 1.48. The first-order valence-corrected chi connectivity index (χ1v) is 11.5. The van der Waals surface area contributed by atoms with Gasteiger partial charge in [0.15, 0.2) is 11.6 Å². The van der Waals surface area contributed by atoms with Crippen LogP contribution in [0.3, 0.4) is 0 Å². The number of carbonyl (C=O) groups excluding carboxylic acids is 3. The molecule has 0 aliphatic carbocycles. The van der Waals surface area contributed by atoms with Crippen molar-refractivity contribution in [1.82, 2.24) is 19.9 Å². The molecule has 0 saturated carbocycles. The molecule has 176 valence electrons. The Labute approximate surface area is 204 Å². The molecule has 35 heavy (non-hydrogen) atoms. The summed E-state index contributed by atoms with van der Waals surface area (Å²) >= 11 is 1.14. The van der Waals surface area contributed by atoms with Gasteiger partial charge in [-0.25, -0.2) is 4.68 Å². The van der Waals surface area contributed by atoms with E-state index >= 15 is 0 Å². The third kappa shape index (κ3) is 5.89. The Hall–Kier alpha value is -4.51. The largest absolute Gasteiger partial charge is 0.335 e. The van der Waals surface area contributed by atoms with Crippen molar-refractivity contribution in [1.29, 1.82) is 0 Å². The molecule has 11 heteroatoms. The quantitative estimate of drug-likeness (QED) is 0.195. The van der Waals surface area contributed by atoms with Crippen LogP contribution in [0, 0.1) is 0 Å². The van der Waals surface area contributed by atoms with Crippen LogP contribution in [-0.2, 0) is 4.79 Å². The number of nitrogen functional groups attached to an aromatic ring is 1. The molecule has 2 aromatic carbocycles. The maximum atomic E-state index is 12.3. The average Bonchev–Trinajstić information content (AvgIpc) is 3.24. The molecule has 0 atom stereocenters. The summed E-state index contributed by atoms with van der Waals surface area (Å²) in [5.74, 6) is 6.08. The van der Waals surface area contributed by atoms with Gasteiger partial charge < -0.3 is 16.5 Å². The molecule has 10 nitrogen and oxygen atoms in total. The molecule has 0 fully saturated rings. The number of benzene rings is 2. The van der Waals surface area contributed by atoms with Gasteiger partial charge in [-0.2, -0.15) is 0 Å². The van der Waals surface area contributed by atoms with Crippen molar-refractivity contribution < 1.29 is 14.4 Å². The molecule has 2 amide bonds. The van der Waals surface area contributed by atoms with Gasteiger partial charge in [0, 0.05) is 34.9 Å². The Kier molecular flexibility index (Phi) is 7.17. The SMILES string of the molecule is CC(=O)c1ccc(NC(=O)CSc2nnc(-c3ccc(NC(=O)c4cccnc4)cc3)n2N)cc1. The maximum Gasteiger partial charge on any atom is 0.257 e. The summed E-state index contributed by atoms with van der Waals surface area (Å²) in [5.41, 5.74) is 2.92. The van der Waals surface area contributed by atoms with Gasteiger partial charge in [0.05, 0.1) is 11.3 Å². The van der Waals surface area contributed by atoms with E-state index in [2.05, 4.69) is 25.8 Å². The lowest BCUT2D eigenvalue weighted by Gasteiger charge is -2.07. The third-order valence-electron chi connectivity index (χ3n) is 4.90. The number of anilines is 2. The lowest BCUT2D eigenvalue weighted by Crippen LogP contribution is -2.16. The van der Waals surface area contributed by atoms with Crippen LogP contribution in [0.25, 0.3) is 11.4 Å². The summed E-state index contributed by atoms with van der Waals surface area (Å²) in [6.07, 6.45) is 3.09. The van der Waals surface area contributed by atoms with Crippen LogP contribution in [0.15, 0.2) is 78.2 Å². The highest BCUT2D eigenvalue weighted by Crippen LogP contribution is 2.23. The molecule has 0 unspecified atom stereocenters. The number of thioether (sulfide) groups is 1. The van der Waals surface area contributed by atoms with E-state index in [1.807, 2.05) is 0 Å². The molecule has 0 aliphatic rings. The number of pyridine rings is 1. The topological polar surface area (TPSA) is 145 Å². The summed E-state index contributed by atoms with van der Waals surface area (Å²) in [4.78, 5) is 39.8. The van der Waals surface area contributed by atoms with Crippen molar-refractivity contribution in [2.75, 3.05) is 22.2 Å². The number of carbonyl (C=O) groups is 3. The van der Waals surface area contributed by atoms with Crippen molar-refractivity contribution >= 4 is 40.7 Å². The fourth-order valence-corrected chi connectivity index (χ4v) is 3.75. The van der Waals surface area contributed by atoms with E-state index in [0.717, 1.165) is 11.8 Å². The molecule has 0 spiro atoms. The first-order chi connectivity index (χ1) is 16.9. The van der Waals surface area contributed by atoms with Crippen LogP contribution in [0.2, 0.25) is 0 Å². The van der Waals surface area contributed by atoms with Gasteiger partial charge in [-0.15, -0.1) is 10.2 Å². The van der Waals surface area contributed by atoms with Crippen LogP contribution in [0.1, 0.15) is 27.6 Å². The van der Waals surface area contributed by atoms with Gasteiger partial charge in [0.1, 0.15) is 0 Å². The molecule has 4 aromatic rings. The lowest BCUT2D eigenvalue weighted by molar-refractivity contribution is -0.113. The minimum Gasteiger partial charge on any atom is -0.335 e. The first kappa shape index (κ1) is 23.6. The smallest absolute Gasteiger partial charge is 0.257 e. The molecule has 0 radical (unpaired) electrons. The number of nitrogens with zero attached hydrogens (tertiary/aromatic N) is 4. The number of aromatic nitrogens is 4. The van der Waals surface area contributed by atoms with E-state index < -0.39 is 0 Å². The summed E-state index contributed by atoms with van der Waals surface area (Å²) in [7, 11) is 0. The minimum atomic E-state index is -0.264. The molecule has 4 rings (SSSR count). The molecule has 0 saturated heterocycles. The molecule has 2 aromatic heterocycles. The van der Waals surface area contributed by atoms with E-state index in [0.29, 0.717) is 39.0 Å². The second kappa shape index (κ2) is 10.6. The van der Waals surface area contributed by atoms with Gasteiger partial charge in [-0.3, -0.25) is 19.4 Å². The lowest BCUT2D eigenvalue weighted by atomic mass is 10.1. The predicted octanol–water partition coefficient (Wildman–Crippen LogP) is 3.24. The number of nitrogens with one attached hydrogen (secondary N) is 2. The fourth-order valence-electron chi connectivity index (χ4n) is 3.09. The Balaban J connectivity index is 1.34. The van der Waals surface area contributed by atoms with Gasteiger partial charge in [0.25, 0.3) is 5.91 Å². The van der Waals surface area contributed by atoms with Crippen LogP contribution >= 0.6 is 11.8 Å². The molecular formula is C24H21N7O3S. The highest BCUT2D eigenvalue weighted by Gasteiger charge is 2.14. The van der Waals surface area contributed by atoms with Crippen molar-refractivity contribution in [2.24, 2.45) is 0 Å². The molecular weight excluding hydrogens is 466 g/mol. The minimum absolute atomic E-state index is 0.0411. The highest BCUT2D eigenvalue weighted by molar-refractivity contribution is 7.99. The van der Waals surface area contributed by atoms with Gasteiger partial charge in [-0.05, 0) is 67.6 Å². The van der Waals surface area contributed by atoms with Crippen LogP contribution in [0.5, 0.6) is 0 Å². The van der Waals surface area contributed by atoms with E-state index in [1.54, 1.807) is 66.9 Å². The molecule has 2 heterocycles. The van der Waals surface area contributed by atoms with Crippen LogP contribution < -0.4 is 16.5 Å². The number of hydrogen-bond acceptors (Lipinski definition) is 8. The highest BCUT2D eigenvalue weighted by atomic mass is 32.2. The Morgan fingerprint density at radius 1 is 0.914 bits per heavy atom. The molecule has 0 bridgehead atoms. The second-order valence-corrected chi connectivity index (χ2v) is 8.36. The van der Waals surface area contributed by atoms with Crippen molar-refractivity contribution in [3.63, 3.8) is 0 Å². The molecule has 4 N–H and O–H groups in total. The van der Waals surface area contributed by atoms with Gasteiger partial charge in [0.2, 0.25) is 11.1 Å². The Morgan fingerprint density at radius 2 is 1.60 bits per heavy atom. The number of hydrogen-bond donors (Lipinski definition) is 3. The molecule has 0 aliphatic heterocycles. The normalized spacial score (nSPS) is 10.5. The Bertz CT molecular complexity index is 1350. The first-order valence-electron chi connectivity index (χ1n) is 10.5. The van der Waals surface area contributed by atoms with Gasteiger partial charge in [-0.1, -0.05) is 11.8 Å². The second-order valence-electron chi connectivity index (χ2n) is 7.42. The number of ketones is 1. The summed E-state index contributed by atoms with van der Waals surface area (Å²) in [5, 5.41) is 14.1. The average molecular weight is 488 g/mol. The fraction of sp³-hybridized carbons (Fsp3) is 0.0833. The standard InChI is InChI=1S/C24H21N7O3S/c1-15(32)16-4-8-19(9-5-16)27-21(33)14-35-24-30-29-22(31(24)25)17-6-10-20(11-7-17)28-23(34)18-3-2-12-26-13-18/h2-13H,14,25H2,1H3,(H,27,33)(H,28,34). The summed E-state index contributed by atoms with van der Waals surface area (Å²) in [6, 6.07) is 17.0. The van der Waals surface area contributed by atoms with E-state index in [4.69, 9.17) is 5.84 Å². The van der Waals surface area contributed by atoms with Crippen molar-refractivity contribution in [3.8, 4) is 11.4 Å². The summed E-state index contributed by atoms with van der Waals surface area (Å²) < 4.78 is 1.31. The monoisotopic (exact) mass is 487 g/mol. The zero-order valence-electron chi connectivity index (χ0n) is 18.6. The number of amides is 2. The predicted molar refractivity (Wildman–Crippen MR) is 134 cm³/mol. The van der Waals surface area contributed by atoms with Crippen LogP contribution in [0.4, 0.5) is 11.4 Å². The van der Waals surface area contributed by atoms with Crippen LogP contribution in [-0.4, -0.2) is 43.2 Å². The number of nitrogens with two attached hydrogens (primary N) is 1. The van der Waals surface area contributed by atoms with E-state index in [-0.39, 0.29) is 23.4 Å². The van der Waals surface area contributed by atoms with E-state index in [9.17, 15) is 14.4 Å². The Morgan fingerprint density at radius 3 is 2.26 bits per heavy atom. The van der Waals surface area contributed by atoms with Crippen molar-refractivity contribution in [3.05, 3.63) is 84.2 Å². The third-order valence-corrected chi connectivity index (χ3v) is 5.84. The number of Topliss-reactive ketones (excluding diaryl/α,β-unsaturated/α-hetero) is 1. The zero-order valence-corrected chi connectivity index (χ0v) is 19.5. The van der Waals surface area contributed by atoms with E-state index in [1.165, 1.54) is 17.8 Å². The van der Waals surface area contributed by atoms with Crippen molar-refractivity contribution in [2.45, 2.75) is 12.1 Å². The zero-order chi connectivity index (χ0) is 24.8. The maximum absolute atomic E-state index is 12.3. The van der Waals surface area contributed by atoms with Gasteiger partial charge >= 0.3 is 0 Å². The number of rotatable bonds is 8.